The Balaban J connectivity index is 2.86. The van der Waals surface area contributed by atoms with E-state index in [4.69, 9.17) is 11.6 Å². The molecule has 1 rings (SSSR count). The Labute approximate surface area is 72.4 Å². The third kappa shape index (κ3) is 2.48. The summed E-state index contributed by atoms with van der Waals surface area (Å²) in [5.41, 5.74) is -0.155. The molecule has 2 heteroatoms. The van der Waals surface area contributed by atoms with Gasteiger partial charge < -0.3 is 0 Å². The van der Waals surface area contributed by atoms with Crippen molar-refractivity contribution in [3.63, 3.8) is 0 Å². The van der Waals surface area contributed by atoms with E-state index in [9.17, 15) is 4.39 Å². The van der Waals surface area contributed by atoms with Crippen LogP contribution >= 0.6 is 11.6 Å². The highest BCUT2D eigenvalue weighted by atomic mass is 35.5. The molecule has 2 atom stereocenters. The molecule has 2 unspecified atom stereocenters. The quantitative estimate of drug-likeness (QED) is 0.392. The smallest absolute Gasteiger partial charge is 0.128 e. The zero-order valence-corrected chi connectivity index (χ0v) is 8.00. The Bertz CT molecular complexity index is 192. The van der Waals surface area contributed by atoms with Crippen LogP contribution in [0.4, 0.5) is 4.39 Å². The molecule has 0 bridgehead atoms. The van der Waals surface area contributed by atoms with E-state index in [2.05, 4.69) is 0 Å². The van der Waals surface area contributed by atoms with E-state index in [1.165, 1.54) is 0 Å². The van der Waals surface area contributed by atoms with Gasteiger partial charge in [-0.2, -0.15) is 0 Å². The van der Waals surface area contributed by atoms with Gasteiger partial charge in [0.1, 0.15) is 5.67 Å². The van der Waals surface area contributed by atoms with Crippen molar-refractivity contribution in [3.8, 4) is 0 Å². The van der Waals surface area contributed by atoms with Gasteiger partial charge in [0.15, 0.2) is 0 Å². The van der Waals surface area contributed by atoms with Crippen LogP contribution in [0.1, 0.15) is 33.6 Å². The lowest BCUT2D eigenvalue weighted by Gasteiger charge is -2.33. The Kier molecular flexibility index (Phi) is 2.04. The molecule has 0 nitrogen and oxygen atoms in total. The van der Waals surface area contributed by atoms with Gasteiger partial charge in [-0.25, -0.2) is 4.39 Å². The zero-order valence-electron chi connectivity index (χ0n) is 7.25. The summed E-state index contributed by atoms with van der Waals surface area (Å²) in [5, 5.41) is 0. The second-order valence-corrected chi connectivity index (χ2v) is 4.95. The van der Waals surface area contributed by atoms with Crippen LogP contribution in [-0.2, 0) is 0 Å². The van der Waals surface area contributed by atoms with Gasteiger partial charge in [0.2, 0.25) is 0 Å². The maximum Gasteiger partial charge on any atom is 0.128 e. The van der Waals surface area contributed by atoms with Gasteiger partial charge in [-0.3, -0.25) is 0 Å². The Morgan fingerprint density at radius 2 is 2.09 bits per heavy atom. The van der Waals surface area contributed by atoms with Crippen LogP contribution in [0.3, 0.4) is 0 Å². The van der Waals surface area contributed by atoms with E-state index in [1.807, 2.05) is 13.8 Å². The molecule has 0 spiro atoms. The molecule has 0 heterocycles. The topological polar surface area (TPSA) is 0 Å². The van der Waals surface area contributed by atoms with Crippen LogP contribution in [-0.4, -0.2) is 10.5 Å². The lowest BCUT2D eigenvalue weighted by Crippen LogP contribution is -2.33. The minimum atomic E-state index is -1.21. The predicted molar refractivity (Wildman–Crippen MR) is 46.8 cm³/mol. The van der Waals surface area contributed by atoms with Gasteiger partial charge in [0.05, 0.1) is 0 Å². The number of halogens is 2. The Hall–Kier alpha value is -0.0400. The van der Waals surface area contributed by atoms with E-state index in [0.717, 1.165) is 12.0 Å². The molecular formula is C9H14ClF. The van der Waals surface area contributed by atoms with Crippen molar-refractivity contribution >= 4 is 11.6 Å². The predicted octanol–water partition coefficient (Wildman–Crippen LogP) is 3.45. The van der Waals surface area contributed by atoms with Crippen LogP contribution in [0.15, 0.2) is 11.6 Å². The summed E-state index contributed by atoms with van der Waals surface area (Å²) in [6, 6.07) is 0. The van der Waals surface area contributed by atoms with Crippen LogP contribution in [0.25, 0.3) is 0 Å². The van der Waals surface area contributed by atoms with Crippen molar-refractivity contribution in [2.45, 2.75) is 44.2 Å². The summed E-state index contributed by atoms with van der Waals surface area (Å²) < 4.78 is 13.5. The SMILES string of the molecule is CC1=CC(C)(F)CC(C)(Cl)C1. The van der Waals surface area contributed by atoms with Crippen LogP contribution in [0.2, 0.25) is 0 Å². The summed E-state index contributed by atoms with van der Waals surface area (Å²) in [6.45, 7) is 5.40. The average molecular weight is 177 g/mol. The fourth-order valence-electron chi connectivity index (χ4n) is 1.98. The fraction of sp³-hybridized carbons (Fsp3) is 0.778. The molecule has 0 aromatic heterocycles. The normalized spacial score (nSPS) is 45.4. The maximum atomic E-state index is 13.5. The van der Waals surface area contributed by atoms with E-state index < -0.39 is 5.67 Å². The molecule has 0 radical (unpaired) electrons. The molecular weight excluding hydrogens is 163 g/mol. The average Bonchev–Trinajstić information content (AvgIpc) is 1.49. The van der Waals surface area contributed by atoms with Crippen molar-refractivity contribution < 1.29 is 4.39 Å². The second kappa shape index (κ2) is 2.48. The van der Waals surface area contributed by atoms with Gasteiger partial charge in [0, 0.05) is 11.3 Å². The second-order valence-electron chi connectivity index (χ2n) is 4.04. The largest absolute Gasteiger partial charge is 0.240 e. The molecule has 0 aromatic rings. The molecule has 0 saturated heterocycles. The molecule has 0 aliphatic heterocycles. The molecule has 1 aliphatic rings. The van der Waals surface area contributed by atoms with Crippen molar-refractivity contribution in [3.05, 3.63) is 11.6 Å². The monoisotopic (exact) mass is 176 g/mol. The highest BCUT2D eigenvalue weighted by Crippen LogP contribution is 2.40. The van der Waals surface area contributed by atoms with Gasteiger partial charge >= 0.3 is 0 Å². The third-order valence-electron chi connectivity index (χ3n) is 1.91. The number of alkyl halides is 2. The van der Waals surface area contributed by atoms with Gasteiger partial charge in [-0.05, 0) is 33.3 Å². The summed E-state index contributed by atoms with van der Waals surface area (Å²) in [7, 11) is 0. The summed E-state index contributed by atoms with van der Waals surface area (Å²) in [4.78, 5) is -0.387. The molecule has 0 amide bonds. The minimum absolute atomic E-state index is 0.387. The first-order valence-corrected chi connectivity index (χ1v) is 4.25. The van der Waals surface area contributed by atoms with Crippen molar-refractivity contribution in [2.75, 3.05) is 0 Å². The molecule has 0 saturated carbocycles. The first-order chi connectivity index (χ1) is 4.81. The van der Waals surface area contributed by atoms with Crippen LogP contribution in [0.5, 0.6) is 0 Å². The highest BCUT2D eigenvalue weighted by molar-refractivity contribution is 6.24. The van der Waals surface area contributed by atoms with Gasteiger partial charge in [0.25, 0.3) is 0 Å². The van der Waals surface area contributed by atoms with Crippen molar-refractivity contribution in [1.82, 2.24) is 0 Å². The summed E-state index contributed by atoms with van der Waals surface area (Å²) >= 11 is 6.07. The third-order valence-corrected chi connectivity index (χ3v) is 2.18. The first kappa shape index (κ1) is 9.05. The molecule has 1 aliphatic carbocycles. The van der Waals surface area contributed by atoms with E-state index >= 15 is 0 Å². The van der Waals surface area contributed by atoms with Gasteiger partial charge in [-0.15, -0.1) is 11.6 Å². The van der Waals surface area contributed by atoms with Crippen molar-refractivity contribution in [1.29, 1.82) is 0 Å². The highest BCUT2D eigenvalue weighted by Gasteiger charge is 2.36. The first-order valence-electron chi connectivity index (χ1n) is 3.87. The minimum Gasteiger partial charge on any atom is -0.240 e. The summed E-state index contributed by atoms with van der Waals surface area (Å²) in [6.07, 6.45) is 2.89. The van der Waals surface area contributed by atoms with Crippen LogP contribution < -0.4 is 0 Å². The zero-order chi connectivity index (χ0) is 8.70. The number of hydrogen-bond acceptors (Lipinski definition) is 0. The molecule has 0 fully saturated rings. The van der Waals surface area contributed by atoms with Gasteiger partial charge in [-0.1, -0.05) is 5.57 Å². The maximum absolute atomic E-state index is 13.5. The lowest BCUT2D eigenvalue weighted by atomic mass is 9.82. The Morgan fingerprint density at radius 3 is 2.45 bits per heavy atom. The Morgan fingerprint density at radius 1 is 1.55 bits per heavy atom. The van der Waals surface area contributed by atoms with E-state index in [-0.39, 0.29) is 4.87 Å². The molecule has 0 N–H and O–H groups in total. The van der Waals surface area contributed by atoms with Crippen LogP contribution in [0, 0.1) is 0 Å². The lowest BCUT2D eigenvalue weighted by molar-refractivity contribution is 0.204. The molecule has 0 aromatic carbocycles. The van der Waals surface area contributed by atoms with E-state index in [0.29, 0.717) is 6.42 Å². The number of allylic oxidation sites excluding steroid dienone is 2. The summed E-state index contributed by atoms with van der Waals surface area (Å²) in [5.74, 6) is 0. The van der Waals surface area contributed by atoms with E-state index in [1.54, 1.807) is 13.0 Å². The number of hydrogen-bond donors (Lipinski definition) is 0. The standard InChI is InChI=1S/C9H14ClF/c1-7-4-8(2,10)6-9(3,11)5-7/h5H,4,6H2,1-3H3. The number of rotatable bonds is 0. The van der Waals surface area contributed by atoms with Crippen molar-refractivity contribution in [2.24, 2.45) is 0 Å². The molecule has 64 valence electrons. The fourth-order valence-corrected chi connectivity index (χ4v) is 2.45. The molecule has 11 heavy (non-hydrogen) atoms.